The van der Waals surface area contributed by atoms with Gasteiger partial charge in [0, 0.05) is 12.6 Å². The van der Waals surface area contributed by atoms with Crippen LogP contribution in [0, 0.1) is 5.92 Å². The molecule has 0 radical (unpaired) electrons. The fraction of sp³-hybridized carbons (Fsp3) is 0.500. The highest BCUT2D eigenvalue weighted by Gasteiger charge is 2.40. The Morgan fingerprint density at radius 3 is 2.67 bits per heavy atom. The molecule has 98 valence electrons. The molecule has 2 rings (SSSR count). The third kappa shape index (κ3) is 3.23. The van der Waals surface area contributed by atoms with Crippen molar-refractivity contribution in [2.24, 2.45) is 5.92 Å². The molecule has 1 amide bonds. The SMILES string of the molecule is C[C@@H]1C[C@H]1N(CCO)C(=O)OCc1ccccc1. The van der Waals surface area contributed by atoms with E-state index in [4.69, 9.17) is 9.84 Å². The Balaban J connectivity index is 1.85. The lowest BCUT2D eigenvalue weighted by Gasteiger charge is -2.21. The van der Waals surface area contributed by atoms with Gasteiger partial charge in [0.1, 0.15) is 6.61 Å². The van der Waals surface area contributed by atoms with E-state index in [9.17, 15) is 4.79 Å². The molecule has 0 aliphatic heterocycles. The number of carbonyl (C=O) groups is 1. The lowest BCUT2D eigenvalue weighted by atomic mass is 10.2. The summed E-state index contributed by atoms with van der Waals surface area (Å²) in [4.78, 5) is 13.6. The highest BCUT2D eigenvalue weighted by Crippen LogP contribution is 2.35. The second kappa shape index (κ2) is 5.87. The molecular weight excluding hydrogens is 230 g/mol. The van der Waals surface area contributed by atoms with Crippen molar-refractivity contribution in [3.63, 3.8) is 0 Å². The van der Waals surface area contributed by atoms with Crippen LogP contribution in [0.1, 0.15) is 18.9 Å². The van der Waals surface area contributed by atoms with Crippen molar-refractivity contribution >= 4 is 6.09 Å². The molecule has 1 aliphatic rings. The van der Waals surface area contributed by atoms with Gasteiger partial charge in [-0.1, -0.05) is 37.3 Å². The van der Waals surface area contributed by atoms with Gasteiger partial charge in [-0.3, -0.25) is 0 Å². The molecule has 0 saturated heterocycles. The molecule has 18 heavy (non-hydrogen) atoms. The zero-order valence-electron chi connectivity index (χ0n) is 10.6. The largest absolute Gasteiger partial charge is 0.445 e. The number of benzene rings is 1. The first kappa shape index (κ1) is 12.9. The Morgan fingerprint density at radius 2 is 2.11 bits per heavy atom. The first-order valence-electron chi connectivity index (χ1n) is 6.30. The highest BCUT2D eigenvalue weighted by atomic mass is 16.6. The zero-order chi connectivity index (χ0) is 13.0. The third-order valence-electron chi connectivity index (χ3n) is 3.25. The molecule has 1 aromatic rings. The molecular formula is C14H19NO3. The zero-order valence-corrected chi connectivity index (χ0v) is 10.6. The van der Waals surface area contributed by atoms with Crippen molar-refractivity contribution in [3.05, 3.63) is 35.9 Å². The Kier molecular flexibility index (Phi) is 4.20. The minimum atomic E-state index is -0.331. The predicted octanol–water partition coefficient (Wildman–Crippen LogP) is 2.03. The van der Waals surface area contributed by atoms with E-state index in [0.29, 0.717) is 12.5 Å². The molecule has 0 unspecified atom stereocenters. The van der Waals surface area contributed by atoms with Crippen LogP contribution >= 0.6 is 0 Å². The van der Waals surface area contributed by atoms with E-state index in [-0.39, 0.29) is 25.3 Å². The lowest BCUT2D eigenvalue weighted by molar-refractivity contribution is 0.0841. The maximum atomic E-state index is 11.9. The van der Waals surface area contributed by atoms with Gasteiger partial charge in [0.05, 0.1) is 6.61 Å². The van der Waals surface area contributed by atoms with E-state index >= 15 is 0 Å². The quantitative estimate of drug-likeness (QED) is 0.868. The van der Waals surface area contributed by atoms with E-state index in [1.165, 1.54) is 0 Å². The van der Waals surface area contributed by atoms with Crippen LogP contribution in [0.25, 0.3) is 0 Å². The first-order valence-corrected chi connectivity index (χ1v) is 6.30. The summed E-state index contributed by atoms with van der Waals surface area (Å²) < 4.78 is 5.27. The third-order valence-corrected chi connectivity index (χ3v) is 3.25. The summed E-state index contributed by atoms with van der Waals surface area (Å²) in [5.74, 6) is 0.515. The van der Waals surface area contributed by atoms with E-state index in [0.717, 1.165) is 12.0 Å². The molecule has 1 N–H and O–H groups in total. The average molecular weight is 249 g/mol. The number of aliphatic hydroxyl groups is 1. The molecule has 2 atom stereocenters. The molecule has 4 heteroatoms. The highest BCUT2D eigenvalue weighted by molar-refractivity contribution is 5.68. The second-order valence-electron chi connectivity index (χ2n) is 4.74. The molecule has 0 spiro atoms. The van der Waals surface area contributed by atoms with Crippen LogP contribution in [0.3, 0.4) is 0 Å². The monoisotopic (exact) mass is 249 g/mol. The van der Waals surface area contributed by atoms with Crippen LogP contribution in [-0.2, 0) is 11.3 Å². The van der Waals surface area contributed by atoms with E-state index in [2.05, 4.69) is 6.92 Å². The second-order valence-corrected chi connectivity index (χ2v) is 4.74. The topological polar surface area (TPSA) is 49.8 Å². The fourth-order valence-corrected chi connectivity index (χ4v) is 2.04. The Hall–Kier alpha value is -1.55. The van der Waals surface area contributed by atoms with Crippen molar-refractivity contribution < 1.29 is 14.6 Å². The Labute approximate surface area is 107 Å². The summed E-state index contributed by atoms with van der Waals surface area (Å²) in [6.07, 6.45) is 0.669. The maximum absolute atomic E-state index is 11.9. The molecule has 1 fully saturated rings. The predicted molar refractivity (Wildman–Crippen MR) is 68.0 cm³/mol. The molecule has 0 bridgehead atoms. The van der Waals surface area contributed by atoms with Gasteiger partial charge in [-0.15, -0.1) is 0 Å². The van der Waals surface area contributed by atoms with Gasteiger partial charge in [0.15, 0.2) is 0 Å². The van der Waals surface area contributed by atoms with Crippen molar-refractivity contribution in [3.8, 4) is 0 Å². The van der Waals surface area contributed by atoms with Crippen LogP contribution < -0.4 is 0 Å². The molecule has 1 aromatic carbocycles. The lowest BCUT2D eigenvalue weighted by Crippen LogP contribution is -2.36. The molecule has 0 aromatic heterocycles. The van der Waals surface area contributed by atoms with Crippen LogP contribution in [0.2, 0.25) is 0 Å². The van der Waals surface area contributed by atoms with Gasteiger partial charge < -0.3 is 14.7 Å². The van der Waals surface area contributed by atoms with Gasteiger partial charge in [-0.25, -0.2) is 4.79 Å². The van der Waals surface area contributed by atoms with E-state index < -0.39 is 0 Å². The molecule has 1 aliphatic carbocycles. The normalized spacial score (nSPS) is 21.4. The van der Waals surface area contributed by atoms with Gasteiger partial charge in [0.2, 0.25) is 0 Å². The van der Waals surface area contributed by atoms with Crippen molar-refractivity contribution in [1.29, 1.82) is 0 Å². The number of carbonyl (C=O) groups excluding carboxylic acids is 1. The summed E-state index contributed by atoms with van der Waals surface area (Å²) in [6.45, 7) is 2.70. The van der Waals surface area contributed by atoms with Gasteiger partial charge in [-0.2, -0.15) is 0 Å². The number of hydrogen-bond acceptors (Lipinski definition) is 3. The van der Waals surface area contributed by atoms with Crippen molar-refractivity contribution in [2.75, 3.05) is 13.2 Å². The van der Waals surface area contributed by atoms with E-state index in [1.54, 1.807) is 4.90 Å². The Morgan fingerprint density at radius 1 is 1.44 bits per heavy atom. The van der Waals surface area contributed by atoms with Crippen LogP contribution in [0.4, 0.5) is 4.79 Å². The number of ether oxygens (including phenoxy) is 1. The summed E-state index contributed by atoms with van der Waals surface area (Å²) in [5, 5.41) is 8.98. The van der Waals surface area contributed by atoms with Crippen LogP contribution in [-0.4, -0.2) is 35.3 Å². The standard InChI is InChI=1S/C14H19NO3/c1-11-9-13(11)15(7-8-16)14(17)18-10-12-5-3-2-4-6-12/h2-6,11,13,16H,7-10H2,1H3/t11-,13-/m1/s1. The van der Waals surface area contributed by atoms with Crippen LogP contribution in [0.5, 0.6) is 0 Å². The first-order chi connectivity index (χ1) is 8.72. The number of nitrogens with zero attached hydrogens (tertiary/aromatic N) is 1. The molecule has 1 saturated carbocycles. The van der Waals surface area contributed by atoms with Crippen LogP contribution in [0.15, 0.2) is 30.3 Å². The average Bonchev–Trinajstić information content (AvgIpc) is 3.11. The maximum Gasteiger partial charge on any atom is 0.410 e. The Bertz CT molecular complexity index is 393. The molecule has 0 heterocycles. The summed E-state index contributed by atoms with van der Waals surface area (Å²) in [6, 6.07) is 9.83. The summed E-state index contributed by atoms with van der Waals surface area (Å²) in [5.41, 5.74) is 0.971. The van der Waals surface area contributed by atoms with Crippen molar-refractivity contribution in [2.45, 2.75) is 26.0 Å². The van der Waals surface area contributed by atoms with Gasteiger partial charge >= 0.3 is 6.09 Å². The minimum Gasteiger partial charge on any atom is -0.445 e. The summed E-state index contributed by atoms with van der Waals surface area (Å²) >= 11 is 0. The molecule has 4 nitrogen and oxygen atoms in total. The fourth-order valence-electron chi connectivity index (χ4n) is 2.04. The van der Waals surface area contributed by atoms with Gasteiger partial charge in [0.25, 0.3) is 0 Å². The summed E-state index contributed by atoms with van der Waals surface area (Å²) in [7, 11) is 0. The number of rotatable bonds is 5. The number of hydrogen-bond donors (Lipinski definition) is 1. The van der Waals surface area contributed by atoms with E-state index in [1.807, 2.05) is 30.3 Å². The number of amides is 1. The minimum absolute atomic E-state index is 0.0241. The smallest absolute Gasteiger partial charge is 0.410 e. The van der Waals surface area contributed by atoms with Gasteiger partial charge in [-0.05, 0) is 17.9 Å². The number of aliphatic hydroxyl groups excluding tert-OH is 1. The van der Waals surface area contributed by atoms with Crippen molar-refractivity contribution in [1.82, 2.24) is 4.90 Å².